The van der Waals surface area contributed by atoms with Crippen LogP contribution in [0.1, 0.15) is 35.1 Å². The summed E-state index contributed by atoms with van der Waals surface area (Å²) in [5, 5.41) is 2.92. The third kappa shape index (κ3) is 4.00. The molecule has 0 aliphatic heterocycles. The van der Waals surface area contributed by atoms with Gasteiger partial charge in [-0.3, -0.25) is 4.79 Å². The molecule has 0 aliphatic rings. The number of nitrogens with zero attached hydrogens (tertiary/aromatic N) is 3. The summed E-state index contributed by atoms with van der Waals surface area (Å²) in [7, 11) is 0. The second kappa shape index (κ2) is 7.12. The van der Waals surface area contributed by atoms with Gasteiger partial charge in [-0.1, -0.05) is 12.2 Å². The van der Waals surface area contributed by atoms with Crippen molar-refractivity contribution in [2.75, 3.05) is 5.73 Å². The van der Waals surface area contributed by atoms with Crippen molar-refractivity contribution < 1.29 is 4.79 Å². The summed E-state index contributed by atoms with van der Waals surface area (Å²) in [6, 6.07) is 5.57. The van der Waals surface area contributed by atoms with E-state index in [9.17, 15) is 4.79 Å². The van der Waals surface area contributed by atoms with E-state index in [1.165, 1.54) is 0 Å². The zero-order valence-corrected chi connectivity index (χ0v) is 14.2. The molecule has 0 bridgehead atoms. The summed E-state index contributed by atoms with van der Waals surface area (Å²) in [4.78, 5) is 27.7. The Morgan fingerprint density at radius 1 is 1.44 bits per heavy atom. The van der Waals surface area contributed by atoms with Gasteiger partial charge in [0.25, 0.3) is 5.91 Å². The molecule has 128 valence electrons. The van der Waals surface area contributed by atoms with Crippen LogP contribution in [0, 0.1) is 6.92 Å². The molecule has 7 heteroatoms. The highest BCUT2D eigenvalue weighted by molar-refractivity contribution is 5.93. The van der Waals surface area contributed by atoms with Gasteiger partial charge in [0, 0.05) is 18.4 Å². The quantitative estimate of drug-likeness (QED) is 0.663. The largest absolute Gasteiger partial charge is 0.383 e. The van der Waals surface area contributed by atoms with Crippen LogP contribution in [0.2, 0.25) is 0 Å². The van der Waals surface area contributed by atoms with E-state index in [-0.39, 0.29) is 17.8 Å². The molecule has 0 unspecified atom stereocenters. The molecular formula is C18H20N6O. The van der Waals surface area contributed by atoms with Crippen LogP contribution in [0.4, 0.5) is 5.82 Å². The maximum Gasteiger partial charge on any atom is 0.287 e. The molecule has 3 aromatic rings. The second-order valence-electron chi connectivity index (χ2n) is 5.94. The van der Waals surface area contributed by atoms with Gasteiger partial charge < -0.3 is 16.0 Å². The smallest absolute Gasteiger partial charge is 0.287 e. The first-order chi connectivity index (χ1) is 12.0. The van der Waals surface area contributed by atoms with Crippen molar-refractivity contribution in [2.24, 2.45) is 0 Å². The van der Waals surface area contributed by atoms with E-state index in [1.807, 2.05) is 38.1 Å². The van der Waals surface area contributed by atoms with Crippen molar-refractivity contribution in [1.29, 1.82) is 0 Å². The number of aromatic nitrogens is 4. The fraction of sp³-hybridized carbons (Fsp3) is 0.222. The van der Waals surface area contributed by atoms with Gasteiger partial charge in [0.15, 0.2) is 11.5 Å². The summed E-state index contributed by atoms with van der Waals surface area (Å²) >= 11 is 0. The van der Waals surface area contributed by atoms with Gasteiger partial charge in [0.05, 0.1) is 5.52 Å². The molecule has 25 heavy (non-hydrogen) atoms. The molecule has 0 saturated heterocycles. The maximum atomic E-state index is 12.3. The number of hydrogen-bond donors (Lipinski definition) is 3. The highest BCUT2D eigenvalue weighted by Crippen LogP contribution is 2.11. The Kier molecular flexibility index (Phi) is 4.74. The molecule has 0 aromatic carbocycles. The number of nitrogen functional groups attached to an aromatic ring is 1. The van der Waals surface area contributed by atoms with E-state index in [4.69, 9.17) is 5.73 Å². The Morgan fingerprint density at radius 2 is 2.28 bits per heavy atom. The summed E-state index contributed by atoms with van der Waals surface area (Å²) in [6.45, 7) is 3.86. The van der Waals surface area contributed by atoms with Crippen LogP contribution in [-0.4, -0.2) is 31.9 Å². The monoisotopic (exact) mass is 336 g/mol. The normalized spacial score (nSPS) is 12.6. The Bertz CT molecular complexity index is 897. The number of nitrogens with one attached hydrogen (secondary N) is 2. The summed E-state index contributed by atoms with van der Waals surface area (Å²) in [5.74, 6) is 0.560. The number of rotatable bonds is 5. The second-order valence-corrected chi connectivity index (χ2v) is 5.94. The lowest BCUT2D eigenvalue weighted by atomic mass is 10.1. The Hall–Kier alpha value is -3.22. The molecule has 0 aliphatic carbocycles. The van der Waals surface area contributed by atoms with Crippen LogP contribution in [0.15, 0.2) is 36.7 Å². The molecule has 3 heterocycles. The summed E-state index contributed by atoms with van der Waals surface area (Å²) < 4.78 is 0. The number of anilines is 1. The van der Waals surface area contributed by atoms with Gasteiger partial charge in [-0.2, -0.15) is 0 Å². The number of carbonyl (C=O) groups is 1. The minimum absolute atomic E-state index is 0.0345. The zero-order chi connectivity index (χ0) is 17.8. The van der Waals surface area contributed by atoms with Crippen molar-refractivity contribution >= 4 is 29.0 Å². The molecule has 7 nitrogen and oxygen atoms in total. The number of aromatic amines is 1. The highest BCUT2D eigenvalue weighted by Gasteiger charge is 2.13. The maximum absolute atomic E-state index is 12.3. The minimum atomic E-state index is -0.246. The average Bonchev–Trinajstić information content (AvgIpc) is 3.02. The molecule has 0 radical (unpaired) electrons. The molecule has 4 N–H and O–H groups in total. The Labute approximate surface area is 145 Å². The number of hydrogen-bond acceptors (Lipinski definition) is 5. The number of nitrogens with two attached hydrogens (primary N) is 1. The SMILES string of the molecule is Cc1cc(/C=C/C[C@H](C)NC(=O)c2nc3ncccc3[nH]2)cnc1N. The fourth-order valence-electron chi connectivity index (χ4n) is 2.41. The van der Waals surface area contributed by atoms with Gasteiger partial charge in [0.2, 0.25) is 0 Å². The highest BCUT2D eigenvalue weighted by atomic mass is 16.2. The van der Waals surface area contributed by atoms with E-state index >= 15 is 0 Å². The first kappa shape index (κ1) is 16.6. The van der Waals surface area contributed by atoms with Crippen LogP contribution in [0.25, 0.3) is 17.2 Å². The lowest BCUT2D eigenvalue weighted by molar-refractivity contribution is 0.0931. The van der Waals surface area contributed by atoms with Gasteiger partial charge in [0.1, 0.15) is 5.82 Å². The first-order valence-corrected chi connectivity index (χ1v) is 8.03. The van der Waals surface area contributed by atoms with Crippen LogP contribution in [-0.2, 0) is 0 Å². The summed E-state index contributed by atoms with van der Waals surface area (Å²) in [6.07, 6.45) is 8.02. The molecule has 1 atom stereocenters. The van der Waals surface area contributed by atoms with E-state index < -0.39 is 0 Å². The number of amides is 1. The molecular weight excluding hydrogens is 316 g/mol. The molecule has 3 aromatic heterocycles. The van der Waals surface area contributed by atoms with Crippen molar-refractivity contribution in [3.63, 3.8) is 0 Å². The summed E-state index contributed by atoms with van der Waals surface area (Å²) in [5.41, 5.74) is 8.91. The van der Waals surface area contributed by atoms with Crippen LogP contribution >= 0.6 is 0 Å². The number of imidazole rings is 1. The van der Waals surface area contributed by atoms with E-state index in [0.717, 1.165) is 16.6 Å². The molecule has 0 fully saturated rings. The first-order valence-electron chi connectivity index (χ1n) is 8.03. The van der Waals surface area contributed by atoms with Crippen molar-refractivity contribution in [2.45, 2.75) is 26.3 Å². The lowest BCUT2D eigenvalue weighted by Gasteiger charge is -2.10. The third-order valence-corrected chi connectivity index (χ3v) is 3.79. The topological polar surface area (TPSA) is 110 Å². The van der Waals surface area contributed by atoms with E-state index in [1.54, 1.807) is 18.5 Å². The standard InChI is InChI=1S/C18H20N6O/c1-11-9-13(10-21-15(11)19)6-3-5-12(2)22-18(25)17-23-14-7-4-8-20-16(14)24-17/h3-4,6-10,12H,5H2,1-2H3,(H2,19,21)(H,22,25)(H,20,23,24)/b6-3+/t12-/m0/s1. The van der Waals surface area contributed by atoms with Crippen molar-refractivity contribution in [3.05, 3.63) is 53.6 Å². The Morgan fingerprint density at radius 3 is 3.04 bits per heavy atom. The number of pyridine rings is 2. The molecule has 3 rings (SSSR count). The number of H-pyrrole nitrogens is 1. The fourth-order valence-corrected chi connectivity index (χ4v) is 2.41. The van der Waals surface area contributed by atoms with Gasteiger partial charge >= 0.3 is 0 Å². The zero-order valence-electron chi connectivity index (χ0n) is 14.2. The van der Waals surface area contributed by atoms with Crippen molar-refractivity contribution in [1.82, 2.24) is 25.3 Å². The van der Waals surface area contributed by atoms with Crippen LogP contribution in [0.5, 0.6) is 0 Å². The lowest BCUT2D eigenvalue weighted by Crippen LogP contribution is -2.32. The molecule has 1 amide bonds. The van der Waals surface area contributed by atoms with Gasteiger partial charge in [-0.25, -0.2) is 15.0 Å². The number of aryl methyl sites for hydroxylation is 1. The predicted octanol–water partition coefficient (Wildman–Crippen LogP) is 2.47. The number of fused-ring (bicyclic) bond motifs is 1. The molecule has 0 spiro atoms. The van der Waals surface area contributed by atoms with Gasteiger partial charge in [-0.15, -0.1) is 0 Å². The average molecular weight is 336 g/mol. The minimum Gasteiger partial charge on any atom is -0.383 e. The Balaban J connectivity index is 1.58. The number of carbonyl (C=O) groups excluding carboxylic acids is 1. The van der Waals surface area contributed by atoms with Crippen LogP contribution < -0.4 is 11.1 Å². The van der Waals surface area contributed by atoms with Crippen molar-refractivity contribution in [3.8, 4) is 0 Å². The van der Waals surface area contributed by atoms with Crippen LogP contribution in [0.3, 0.4) is 0 Å². The predicted molar refractivity (Wildman–Crippen MR) is 97.9 cm³/mol. The van der Waals surface area contributed by atoms with E-state index in [0.29, 0.717) is 17.9 Å². The van der Waals surface area contributed by atoms with Gasteiger partial charge in [-0.05, 0) is 49.6 Å². The van der Waals surface area contributed by atoms with E-state index in [2.05, 4.69) is 25.3 Å². The molecule has 0 saturated carbocycles. The third-order valence-electron chi connectivity index (χ3n) is 3.79.